The number of ether oxygens (including phenoxy) is 1. The molecular formula is C10H22N2O2. The highest BCUT2D eigenvalue weighted by Crippen LogP contribution is 1.96. The van der Waals surface area contributed by atoms with E-state index in [-0.39, 0.29) is 11.9 Å². The molecule has 0 aromatic heterocycles. The average molecular weight is 202 g/mol. The Kier molecular flexibility index (Phi) is 8.57. The van der Waals surface area contributed by atoms with E-state index in [0.29, 0.717) is 19.6 Å². The van der Waals surface area contributed by atoms with E-state index >= 15 is 0 Å². The Bertz CT molecular complexity index is 151. The normalized spacial score (nSPS) is 12.5. The van der Waals surface area contributed by atoms with Gasteiger partial charge in [-0.1, -0.05) is 13.3 Å². The van der Waals surface area contributed by atoms with Crippen LogP contribution in [0.1, 0.15) is 32.6 Å². The molecule has 84 valence electrons. The minimum absolute atomic E-state index is 0.0750. The molecule has 3 N–H and O–H groups in total. The molecule has 0 aromatic rings. The van der Waals surface area contributed by atoms with Gasteiger partial charge in [-0.25, -0.2) is 0 Å². The van der Waals surface area contributed by atoms with Crippen LogP contribution in [-0.2, 0) is 9.53 Å². The lowest BCUT2D eigenvalue weighted by atomic mass is 10.1. The van der Waals surface area contributed by atoms with Gasteiger partial charge in [-0.15, -0.1) is 0 Å². The highest BCUT2D eigenvalue weighted by molar-refractivity contribution is 5.76. The first kappa shape index (κ1) is 13.4. The highest BCUT2D eigenvalue weighted by Gasteiger charge is 2.08. The van der Waals surface area contributed by atoms with Gasteiger partial charge >= 0.3 is 0 Å². The molecule has 0 spiro atoms. The maximum Gasteiger partial charge on any atom is 0.220 e. The van der Waals surface area contributed by atoms with Gasteiger partial charge < -0.3 is 15.8 Å². The first-order chi connectivity index (χ1) is 6.74. The summed E-state index contributed by atoms with van der Waals surface area (Å²) in [5, 5.41) is 2.91. The molecule has 0 heterocycles. The molecule has 0 fully saturated rings. The van der Waals surface area contributed by atoms with E-state index in [4.69, 9.17) is 10.5 Å². The van der Waals surface area contributed by atoms with Gasteiger partial charge in [-0.3, -0.25) is 4.79 Å². The van der Waals surface area contributed by atoms with Crippen molar-refractivity contribution in [1.29, 1.82) is 0 Å². The van der Waals surface area contributed by atoms with Gasteiger partial charge in [0.1, 0.15) is 0 Å². The summed E-state index contributed by atoms with van der Waals surface area (Å²) < 4.78 is 4.87. The van der Waals surface area contributed by atoms with Crippen molar-refractivity contribution in [2.45, 2.75) is 38.6 Å². The van der Waals surface area contributed by atoms with Crippen LogP contribution in [0, 0.1) is 0 Å². The molecule has 1 amide bonds. The van der Waals surface area contributed by atoms with Crippen LogP contribution in [-0.4, -0.2) is 32.2 Å². The first-order valence-electron chi connectivity index (χ1n) is 5.23. The topological polar surface area (TPSA) is 64.3 Å². The van der Waals surface area contributed by atoms with Crippen molar-refractivity contribution < 1.29 is 9.53 Å². The molecule has 0 aliphatic carbocycles. The first-order valence-corrected chi connectivity index (χ1v) is 5.23. The fourth-order valence-electron chi connectivity index (χ4n) is 1.27. The van der Waals surface area contributed by atoms with Gasteiger partial charge in [0.15, 0.2) is 0 Å². The van der Waals surface area contributed by atoms with E-state index in [2.05, 4.69) is 12.2 Å². The molecule has 0 aliphatic rings. The van der Waals surface area contributed by atoms with E-state index in [1.807, 2.05) is 0 Å². The Labute approximate surface area is 86.2 Å². The molecule has 1 atom stereocenters. The molecule has 1 unspecified atom stereocenters. The van der Waals surface area contributed by atoms with E-state index in [9.17, 15) is 4.79 Å². The summed E-state index contributed by atoms with van der Waals surface area (Å²) in [4.78, 5) is 11.3. The molecule has 0 aromatic carbocycles. The number of carbonyl (C=O) groups is 1. The molecular weight excluding hydrogens is 180 g/mol. The quantitative estimate of drug-likeness (QED) is 0.568. The van der Waals surface area contributed by atoms with E-state index in [0.717, 1.165) is 19.3 Å². The lowest BCUT2D eigenvalue weighted by Crippen LogP contribution is -2.40. The lowest BCUT2D eigenvalue weighted by molar-refractivity contribution is -0.122. The van der Waals surface area contributed by atoms with Crippen LogP contribution in [0.3, 0.4) is 0 Å². The Morgan fingerprint density at radius 3 is 2.79 bits per heavy atom. The van der Waals surface area contributed by atoms with Crippen molar-refractivity contribution in [3.05, 3.63) is 0 Å². The Morgan fingerprint density at radius 1 is 1.57 bits per heavy atom. The largest absolute Gasteiger partial charge is 0.385 e. The summed E-state index contributed by atoms with van der Waals surface area (Å²) in [6.45, 7) is 3.23. The molecule has 0 radical (unpaired) electrons. The van der Waals surface area contributed by atoms with Crippen molar-refractivity contribution >= 4 is 5.91 Å². The third kappa shape index (κ3) is 6.86. The molecule has 4 nitrogen and oxygen atoms in total. The summed E-state index contributed by atoms with van der Waals surface area (Å²) in [5.41, 5.74) is 5.52. The lowest BCUT2D eigenvalue weighted by Gasteiger charge is -2.15. The van der Waals surface area contributed by atoms with E-state index < -0.39 is 0 Å². The van der Waals surface area contributed by atoms with Crippen LogP contribution >= 0.6 is 0 Å². The molecule has 0 saturated carbocycles. The minimum atomic E-state index is 0.0750. The molecule has 14 heavy (non-hydrogen) atoms. The number of hydrogen-bond acceptors (Lipinski definition) is 3. The van der Waals surface area contributed by atoms with Crippen LogP contribution in [0.2, 0.25) is 0 Å². The molecule has 0 saturated heterocycles. The zero-order valence-corrected chi connectivity index (χ0v) is 9.21. The van der Waals surface area contributed by atoms with E-state index in [1.165, 1.54) is 0 Å². The minimum Gasteiger partial charge on any atom is -0.385 e. The standard InChI is InChI=1S/C10H22N2O2/c1-3-5-9(8-11)12-10(13)6-4-7-14-2/h9H,3-8,11H2,1-2H3,(H,12,13). The molecule has 0 aliphatic heterocycles. The number of nitrogens with one attached hydrogen (secondary N) is 1. The maximum atomic E-state index is 11.3. The smallest absolute Gasteiger partial charge is 0.220 e. The SMILES string of the molecule is CCCC(CN)NC(=O)CCCOC. The van der Waals surface area contributed by atoms with Crippen molar-refractivity contribution in [3.8, 4) is 0 Å². The van der Waals surface area contributed by atoms with Crippen molar-refractivity contribution in [3.63, 3.8) is 0 Å². The molecule has 0 bridgehead atoms. The van der Waals surface area contributed by atoms with Gasteiger partial charge in [-0.2, -0.15) is 0 Å². The number of methoxy groups -OCH3 is 1. The molecule has 4 heteroatoms. The van der Waals surface area contributed by atoms with Crippen LogP contribution in [0.15, 0.2) is 0 Å². The van der Waals surface area contributed by atoms with Crippen molar-refractivity contribution in [2.75, 3.05) is 20.3 Å². The predicted molar refractivity (Wildman–Crippen MR) is 57.0 cm³/mol. The zero-order valence-electron chi connectivity index (χ0n) is 9.21. The third-order valence-corrected chi connectivity index (χ3v) is 2.04. The van der Waals surface area contributed by atoms with Gasteiger partial charge in [-0.05, 0) is 12.8 Å². The number of nitrogens with two attached hydrogens (primary N) is 1. The molecule has 0 rings (SSSR count). The summed E-state index contributed by atoms with van der Waals surface area (Å²) in [6.07, 6.45) is 3.28. The predicted octanol–water partition coefficient (Wildman–Crippen LogP) is 0.657. The van der Waals surface area contributed by atoms with Crippen LogP contribution in [0.25, 0.3) is 0 Å². The van der Waals surface area contributed by atoms with Crippen LogP contribution in [0.4, 0.5) is 0 Å². The highest BCUT2D eigenvalue weighted by atomic mass is 16.5. The Balaban J connectivity index is 3.56. The van der Waals surface area contributed by atoms with Crippen LogP contribution in [0.5, 0.6) is 0 Å². The second kappa shape index (κ2) is 8.97. The Hall–Kier alpha value is -0.610. The van der Waals surface area contributed by atoms with Gasteiger partial charge in [0.2, 0.25) is 5.91 Å². The number of amides is 1. The van der Waals surface area contributed by atoms with Crippen molar-refractivity contribution in [2.24, 2.45) is 5.73 Å². The monoisotopic (exact) mass is 202 g/mol. The van der Waals surface area contributed by atoms with Crippen molar-refractivity contribution in [1.82, 2.24) is 5.32 Å². The van der Waals surface area contributed by atoms with E-state index in [1.54, 1.807) is 7.11 Å². The number of carbonyl (C=O) groups excluding carboxylic acids is 1. The van der Waals surface area contributed by atoms with Crippen LogP contribution < -0.4 is 11.1 Å². The summed E-state index contributed by atoms with van der Waals surface area (Å²) in [5.74, 6) is 0.0750. The summed E-state index contributed by atoms with van der Waals surface area (Å²) >= 11 is 0. The summed E-state index contributed by atoms with van der Waals surface area (Å²) in [6, 6.07) is 0.134. The number of hydrogen-bond donors (Lipinski definition) is 2. The van der Waals surface area contributed by atoms with Gasteiger partial charge in [0.25, 0.3) is 0 Å². The summed E-state index contributed by atoms with van der Waals surface area (Å²) in [7, 11) is 1.64. The third-order valence-electron chi connectivity index (χ3n) is 2.04. The maximum absolute atomic E-state index is 11.3. The fourth-order valence-corrected chi connectivity index (χ4v) is 1.27. The zero-order chi connectivity index (χ0) is 10.8. The second-order valence-electron chi connectivity index (χ2n) is 3.39. The Morgan fingerprint density at radius 2 is 2.29 bits per heavy atom. The second-order valence-corrected chi connectivity index (χ2v) is 3.39. The number of rotatable bonds is 8. The van der Waals surface area contributed by atoms with Gasteiger partial charge in [0.05, 0.1) is 0 Å². The fraction of sp³-hybridized carbons (Fsp3) is 0.900. The average Bonchev–Trinajstić information content (AvgIpc) is 2.17. The van der Waals surface area contributed by atoms with Gasteiger partial charge in [0, 0.05) is 32.7 Å².